The fourth-order valence-corrected chi connectivity index (χ4v) is 7.50. The van der Waals surface area contributed by atoms with E-state index in [1.807, 2.05) is 20.8 Å². The molecule has 5 aromatic rings. The monoisotopic (exact) mass is 458 g/mol. The first kappa shape index (κ1) is 23.6. The average Bonchev–Trinajstić information content (AvgIpc) is 2.83. The van der Waals surface area contributed by atoms with Crippen molar-refractivity contribution in [1.82, 2.24) is 0 Å². The molecular formula is C29H34O3Si. The highest BCUT2D eigenvalue weighted by molar-refractivity contribution is 6.60. The molecule has 0 aliphatic carbocycles. The Morgan fingerprint density at radius 2 is 0.848 bits per heavy atom. The SMILES string of the molecule is CCC[Si](OCC)(OCC)OCC.c1cc2cccc3c4cccc5cccc(c(c1)c23)c54. The van der Waals surface area contributed by atoms with Crippen LogP contribution < -0.4 is 0 Å². The molecule has 0 spiro atoms. The summed E-state index contributed by atoms with van der Waals surface area (Å²) in [6.07, 6.45) is 1.05. The third-order valence-corrected chi connectivity index (χ3v) is 9.34. The molecule has 0 amide bonds. The van der Waals surface area contributed by atoms with Crippen molar-refractivity contribution in [2.45, 2.75) is 40.2 Å². The normalized spacial score (nSPS) is 12.0. The lowest BCUT2D eigenvalue weighted by Gasteiger charge is -2.27. The zero-order chi connectivity index (χ0) is 23.3. The molecule has 0 aliphatic rings. The van der Waals surface area contributed by atoms with Crippen LogP contribution in [0.3, 0.4) is 0 Å². The molecule has 5 rings (SSSR count). The summed E-state index contributed by atoms with van der Waals surface area (Å²) in [5, 5.41) is 10.9. The maximum atomic E-state index is 5.65. The third kappa shape index (κ3) is 4.62. The Hall–Kier alpha value is -2.50. The summed E-state index contributed by atoms with van der Waals surface area (Å²) in [4.78, 5) is 0. The minimum absolute atomic E-state index is 0.673. The van der Waals surface area contributed by atoms with Gasteiger partial charge >= 0.3 is 8.80 Å². The number of rotatable bonds is 8. The van der Waals surface area contributed by atoms with Crippen molar-refractivity contribution >= 4 is 51.9 Å². The van der Waals surface area contributed by atoms with Gasteiger partial charge in [-0.05, 0) is 63.9 Å². The van der Waals surface area contributed by atoms with Gasteiger partial charge < -0.3 is 13.3 Å². The van der Waals surface area contributed by atoms with Gasteiger partial charge in [-0.2, -0.15) is 0 Å². The van der Waals surface area contributed by atoms with Crippen molar-refractivity contribution in [3.05, 3.63) is 72.8 Å². The lowest BCUT2D eigenvalue weighted by atomic mass is 9.90. The van der Waals surface area contributed by atoms with Crippen molar-refractivity contribution < 1.29 is 13.3 Å². The van der Waals surface area contributed by atoms with E-state index in [1.165, 1.54) is 43.1 Å². The standard InChI is InChI=1S/C20H12.C9H22O3Si/c1-5-13-6-2-11-17-18-12-4-8-14-7-3-10-16(20(14)18)15(9-1)19(13)17;1-5-9-13(10-6-2,11-7-3)12-8-4/h1-12H;5-9H2,1-4H3. The molecule has 3 nitrogen and oxygen atoms in total. The van der Waals surface area contributed by atoms with E-state index in [0.29, 0.717) is 19.8 Å². The molecule has 0 aliphatic heterocycles. The second-order valence-corrected chi connectivity index (χ2v) is 10.9. The Balaban J connectivity index is 0.000000176. The smallest absolute Gasteiger partial charge is 0.374 e. The molecular weight excluding hydrogens is 424 g/mol. The summed E-state index contributed by atoms with van der Waals surface area (Å²) in [7, 11) is -2.30. The van der Waals surface area contributed by atoms with Crippen molar-refractivity contribution in [1.29, 1.82) is 0 Å². The fraction of sp³-hybridized carbons (Fsp3) is 0.310. The van der Waals surface area contributed by atoms with E-state index in [0.717, 1.165) is 12.5 Å². The first-order chi connectivity index (χ1) is 16.2. The van der Waals surface area contributed by atoms with Crippen molar-refractivity contribution in [3.8, 4) is 0 Å². The first-order valence-electron chi connectivity index (χ1n) is 12.1. The van der Waals surface area contributed by atoms with Crippen molar-refractivity contribution in [3.63, 3.8) is 0 Å². The Morgan fingerprint density at radius 3 is 1.12 bits per heavy atom. The van der Waals surface area contributed by atoms with Gasteiger partial charge in [-0.3, -0.25) is 0 Å². The first-order valence-corrected chi connectivity index (χ1v) is 14.1. The Bertz CT molecular complexity index is 1130. The zero-order valence-corrected chi connectivity index (χ0v) is 21.2. The Kier molecular flexibility index (Phi) is 7.61. The van der Waals surface area contributed by atoms with E-state index in [9.17, 15) is 0 Å². The van der Waals surface area contributed by atoms with Gasteiger partial charge in [-0.15, -0.1) is 0 Å². The van der Waals surface area contributed by atoms with E-state index in [4.69, 9.17) is 13.3 Å². The van der Waals surface area contributed by atoms with Gasteiger partial charge in [0, 0.05) is 25.9 Å². The van der Waals surface area contributed by atoms with Crippen LogP contribution in [0.25, 0.3) is 43.1 Å². The molecule has 4 heteroatoms. The van der Waals surface area contributed by atoms with Crippen LogP contribution in [0.5, 0.6) is 0 Å². The van der Waals surface area contributed by atoms with Crippen LogP contribution in [0.4, 0.5) is 0 Å². The minimum Gasteiger partial charge on any atom is -0.374 e. The van der Waals surface area contributed by atoms with Crippen LogP contribution in [0, 0.1) is 0 Å². The highest BCUT2D eigenvalue weighted by Gasteiger charge is 2.38. The van der Waals surface area contributed by atoms with Crippen LogP contribution in [-0.2, 0) is 13.3 Å². The molecule has 0 radical (unpaired) electrons. The van der Waals surface area contributed by atoms with Gasteiger partial charge in [0.15, 0.2) is 0 Å². The number of fused-ring (bicyclic) bond motifs is 2. The summed E-state index contributed by atoms with van der Waals surface area (Å²) in [6.45, 7) is 10.1. The van der Waals surface area contributed by atoms with Crippen LogP contribution in [0.1, 0.15) is 34.1 Å². The second-order valence-electron chi connectivity index (χ2n) is 8.15. The molecule has 0 fully saturated rings. The lowest BCUT2D eigenvalue weighted by molar-refractivity contribution is 0.0712. The second kappa shape index (κ2) is 10.6. The molecule has 0 saturated heterocycles. The summed E-state index contributed by atoms with van der Waals surface area (Å²) < 4.78 is 16.9. The molecule has 0 atom stereocenters. The quantitative estimate of drug-likeness (QED) is 0.133. The summed E-state index contributed by atoms with van der Waals surface area (Å²) in [5.74, 6) is 0. The topological polar surface area (TPSA) is 27.7 Å². The van der Waals surface area contributed by atoms with E-state index in [2.05, 4.69) is 79.7 Å². The molecule has 172 valence electrons. The third-order valence-electron chi connectivity index (χ3n) is 6.04. The fourth-order valence-electron chi connectivity index (χ4n) is 4.89. The van der Waals surface area contributed by atoms with Gasteiger partial charge in [0.25, 0.3) is 0 Å². The van der Waals surface area contributed by atoms with Crippen LogP contribution in [0.15, 0.2) is 72.8 Å². The Morgan fingerprint density at radius 1 is 0.515 bits per heavy atom. The predicted molar refractivity (Wildman–Crippen MR) is 143 cm³/mol. The van der Waals surface area contributed by atoms with Gasteiger partial charge in [0.2, 0.25) is 0 Å². The van der Waals surface area contributed by atoms with Crippen LogP contribution in [0.2, 0.25) is 6.04 Å². The number of hydrogen-bond donors (Lipinski definition) is 0. The molecule has 0 unspecified atom stereocenters. The molecule has 0 aromatic heterocycles. The highest BCUT2D eigenvalue weighted by Crippen LogP contribution is 2.39. The maximum Gasteiger partial charge on any atom is 0.500 e. The molecule has 5 aromatic carbocycles. The summed E-state index contributed by atoms with van der Waals surface area (Å²) in [5.41, 5.74) is 0. The molecule has 0 heterocycles. The van der Waals surface area contributed by atoms with E-state index in [-0.39, 0.29) is 0 Å². The zero-order valence-electron chi connectivity index (χ0n) is 20.2. The summed E-state index contributed by atoms with van der Waals surface area (Å²) >= 11 is 0. The van der Waals surface area contributed by atoms with Gasteiger partial charge in [0.05, 0.1) is 0 Å². The van der Waals surface area contributed by atoms with E-state index < -0.39 is 8.80 Å². The molecule has 0 N–H and O–H groups in total. The predicted octanol–water partition coefficient (Wildman–Crippen LogP) is 8.18. The largest absolute Gasteiger partial charge is 0.500 e. The van der Waals surface area contributed by atoms with Crippen LogP contribution in [-0.4, -0.2) is 28.6 Å². The van der Waals surface area contributed by atoms with E-state index >= 15 is 0 Å². The lowest BCUT2D eigenvalue weighted by Crippen LogP contribution is -2.45. The van der Waals surface area contributed by atoms with Gasteiger partial charge in [-0.25, -0.2) is 0 Å². The molecule has 0 saturated carbocycles. The van der Waals surface area contributed by atoms with Crippen LogP contribution >= 0.6 is 0 Å². The van der Waals surface area contributed by atoms with Gasteiger partial charge in [-0.1, -0.05) is 86.1 Å². The molecule has 33 heavy (non-hydrogen) atoms. The Labute approximate surface area is 198 Å². The summed E-state index contributed by atoms with van der Waals surface area (Å²) in [6, 6.07) is 27.4. The number of benzene rings is 5. The minimum atomic E-state index is -2.30. The van der Waals surface area contributed by atoms with Crippen molar-refractivity contribution in [2.24, 2.45) is 0 Å². The maximum absolute atomic E-state index is 5.65. The molecule has 0 bridgehead atoms. The number of hydrogen-bond acceptors (Lipinski definition) is 3. The van der Waals surface area contributed by atoms with Crippen molar-refractivity contribution in [2.75, 3.05) is 19.8 Å². The average molecular weight is 459 g/mol. The van der Waals surface area contributed by atoms with E-state index in [1.54, 1.807) is 0 Å². The highest BCUT2D eigenvalue weighted by atomic mass is 28.4. The van der Waals surface area contributed by atoms with Gasteiger partial charge in [0.1, 0.15) is 0 Å².